The number of anilines is 1. The first-order valence-corrected chi connectivity index (χ1v) is 5.55. The topological polar surface area (TPSA) is 81.8 Å². The van der Waals surface area contributed by atoms with Crippen LogP contribution in [0.3, 0.4) is 0 Å². The van der Waals surface area contributed by atoms with E-state index in [1.54, 1.807) is 37.4 Å². The molecule has 0 aliphatic heterocycles. The van der Waals surface area contributed by atoms with Crippen LogP contribution < -0.4 is 15.2 Å². The van der Waals surface area contributed by atoms with Gasteiger partial charge in [-0.1, -0.05) is 6.07 Å². The lowest BCUT2D eigenvalue weighted by molar-refractivity contribution is 0.0698. The molecule has 0 saturated carbocycles. The van der Waals surface area contributed by atoms with Gasteiger partial charge in [0.2, 0.25) is 0 Å². The molecule has 0 radical (unpaired) electrons. The standard InChI is InChI=1S/C14H13NO4/c1-18-9-3-2-4-10(7-9)19-11-5-6-12(14(16)17)13(15)8-11/h2-8H,15H2,1H3,(H,16,17). The summed E-state index contributed by atoms with van der Waals surface area (Å²) in [6.45, 7) is 0. The molecule has 0 aliphatic carbocycles. The van der Waals surface area contributed by atoms with Crippen LogP contribution in [-0.2, 0) is 0 Å². The second kappa shape index (κ2) is 5.30. The molecule has 5 heteroatoms. The predicted molar refractivity (Wildman–Crippen MR) is 70.9 cm³/mol. The zero-order chi connectivity index (χ0) is 13.8. The number of rotatable bonds is 4. The Balaban J connectivity index is 2.23. The van der Waals surface area contributed by atoms with Gasteiger partial charge in [-0.05, 0) is 24.3 Å². The summed E-state index contributed by atoms with van der Waals surface area (Å²) in [7, 11) is 1.57. The van der Waals surface area contributed by atoms with Crippen LogP contribution >= 0.6 is 0 Å². The third kappa shape index (κ3) is 2.95. The second-order valence-corrected chi connectivity index (χ2v) is 3.84. The molecular weight excluding hydrogens is 246 g/mol. The summed E-state index contributed by atoms with van der Waals surface area (Å²) >= 11 is 0. The van der Waals surface area contributed by atoms with Crippen LogP contribution in [-0.4, -0.2) is 18.2 Å². The fourth-order valence-corrected chi connectivity index (χ4v) is 1.60. The SMILES string of the molecule is COc1cccc(Oc2ccc(C(=O)O)c(N)c2)c1. The fraction of sp³-hybridized carbons (Fsp3) is 0.0714. The van der Waals surface area contributed by atoms with Gasteiger partial charge in [-0.15, -0.1) is 0 Å². The molecule has 0 fully saturated rings. The summed E-state index contributed by atoms with van der Waals surface area (Å²) in [5.74, 6) is 0.663. The van der Waals surface area contributed by atoms with Gasteiger partial charge in [0.15, 0.2) is 0 Å². The van der Waals surface area contributed by atoms with Gasteiger partial charge in [0.05, 0.1) is 12.7 Å². The number of hydrogen-bond acceptors (Lipinski definition) is 4. The molecule has 5 nitrogen and oxygen atoms in total. The number of carbonyl (C=O) groups is 1. The van der Waals surface area contributed by atoms with E-state index < -0.39 is 5.97 Å². The van der Waals surface area contributed by atoms with Crippen LogP contribution in [0.2, 0.25) is 0 Å². The molecule has 0 aliphatic rings. The van der Waals surface area contributed by atoms with Crippen molar-refractivity contribution < 1.29 is 19.4 Å². The van der Waals surface area contributed by atoms with Crippen LogP contribution in [0.5, 0.6) is 17.2 Å². The first kappa shape index (κ1) is 12.8. The van der Waals surface area contributed by atoms with E-state index in [1.165, 1.54) is 12.1 Å². The smallest absolute Gasteiger partial charge is 0.337 e. The molecule has 2 aromatic carbocycles. The minimum atomic E-state index is -1.06. The maximum Gasteiger partial charge on any atom is 0.337 e. The van der Waals surface area contributed by atoms with Gasteiger partial charge in [0.1, 0.15) is 17.2 Å². The molecule has 19 heavy (non-hydrogen) atoms. The average molecular weight is 259 g/mol. The fourth-order valence-electron chi connectivity index (χ4n) is 1.60. The maximum absolute atomic E-state index is 10.8. The highest BCUT2D eigenvalue weighted by molar-refractivity contribution is 5.93. The first-order valence-electron chi connectivity index (χ1n) is 5.55. The Hall–Kier alpha value is -2.69. The van der Waals surface area contributed by atoms with Crippen molar-refractivity contribution in [3.63, 3.8) is 0 Å². The molecule has 0 bridgehead atoms. The Labute approximate surface area is 110 Å². The van der Waals surface area contributed by atoms with Crippen molar-refractivity contribution in [2.75, 3.05) is 12.8 Å². The van der Waals surface area contributed by atoms with E-state index in [4.69, 9.17) is 20.3 Å². The summed E-state index contributed by atoms with van der Waals surface area (Å²) in [4.78, 5) is 10.8. The number of hydrogen-bond donors (Lipinski definition) is 2. The summed E-state index contributed by atoms with van der Waals surface area (Å²) < 4.78 is 10.7. The van der Waals surface area contributed by atoms with E-state index in [0.717, 1.165) is 0 Å². The quantitative estimate of drug-likeness (QED) is 0.825. The van der Waals surface area contributed by atoms with Crippen molar-refractivity contribution >= 4 is 11.7 Å². The van der Waals surface area contributed by atoms with Crippen molar-refractivity contribution in [1.82, 2.24) is 0 Å². The molecule has 0 spiro atoms. The predicted octanol–water partition coefficient (Wildman–Crippen LogP) is 2.77. The number of carboxylic acid groups (broad SMARTS) is 1. The van der Waals surface area contributed by atoms with Gasteiger partial charge in [-0.25, -0.2) is 4.79 Å². The van der Waals surface area contributed by atoms with Crippen LogP contribution in [0, 0.1) is 0 Å². The number of aromatic carboxylic acids is 1. The lowest BCUT2D eigenvalue weighted by Crippen LogP contribution is -2.02. The van der Waals surface area contributed by atoms with E-state index in [-0.39, 0.29) is 11.3 Å². The van der Waals surface area contributed by atoms with Gasteiger partial charge < -0.3 is 20.3 Å². The minimum Gasteiger partial charge on any atom is -0.497 e. The number of carboxylic acids is 1. The Morgan fingerprint density at radius 1 is 1.11 bits per heavy atom. The van der Waals surface area contributed by atoms with Crippen LogP contribution in [0.4, 0.5) is 5.69 Å². The summed E-state index contributed by atoms with van der Waals surface area (Å²) in [5.41, 5.74) is 5.86. The molecule has 2 aromatic rings. The molecule has 2 rings (SSSR count). The van der Waals surface area contributed by atoms with Crippen molar-refractivity contribution in [2.24, 2.45) is 0 Å². The summed E-state index contributed by atoms with van der Waals surface area (Å²) in [6.07, 6.45) is 0. The van der Waals surface area contributed by atoms with Gasteiger partial charge in [-0.2, -0.15) is 0 Å². The number of ether oxygens (including phenoxy) is 2. The largest absolute Gasteiger partial charge is 0.497 e. The third-order valence-corrected chi connectivity index (χ3v) is 2.53. The van der Waals surface area contributed by atoms with E-state index >= 15 is 0 Å². The Kier molecular flexibility index (Phi) is 3.56. The van der Waals surface area contributed by atoms with Crippen molar-refractivity contribution in [2.45, 2.75) is 0 Å². The van der Waals surface area contributed by atoms with Crippen LogP contribution in [0.25, 0.3) is 0 Å². The Morgan fingerprint density at radius 3 is 2.42 bits per heavy atom. The number of methoxy groups -OCH3 is 1. The van der Waals surface area contributed by atoms with E-state index in [0.29, 0.717) is 17.2 Å². The molecule has 0 saturated heterocycles. The molecule has 0 aromatic heterocycles. The van der Waals surface area contributed by atoms with Crippen LogP contribution in [0.15, 0.2) is 42.5 Å². The zero-order valence-electron chi connectivity index (χ0n) is 10.3. The monoisotopic (exact) mass is 259 g/mol. The van der Waals surface area contributed by atoms with Gasteiger partial charge in [-0.3, -0.25) is 0 Å². The highest BCUT2D eigenvalue weighted by Gasteiger charge is 2.09. The van der Waals surface area contributed by atoms with E-state index in [2.05, 4.69) is 0 Å². The highest BCUT2D eigenvalue weighted by Crippen LogP contribution is 2.27. The van der Waals surface area contributed by atoms with Gasteiger partial charge in [0, 0.05) is 17.8 Å². The number of nitrogens with two attached hydrogens (primary N) is 1. The Bertz CT molecular complexity index is 610. The molecular formula is C14H13NO4. The Morgan fingerprint density at radius 2 is 1.79 bits per heavy atom. The van der Waals surface area contributed by atoms with Gasteiger partial charge >= 0.3 is 5.97 Å². The lowest BCUT2D eigenvalue weighted by Gasteiger charge is -2.09. The lowest BCUT2D eigenvalue weighted by atomic mass is 10.2. The van der Waals surface area contributed by atoms with Crippen molar-refractivity contribution in [1.29, 1.82) is 0 Å². The summed E-state index contributed by atoms with van der Waals surface area (Å²) in [6, 6.07) is 11.5. The molecule has 98 valence electrons. The molecule has 0 amide bonds. The third-order valence-electron chi connectivity index (χ3n) is 2.53. The normalized spacial score (nSPS) is 9.95. The molecule has 0 unspecified atom stereocenters. The second-order valence-electron chi connectivity index (χ2n) is 3.84. The average Bonchev–Trinajstić information content (AvgIpc) is 2.38. The van der Waals surface area contributed by atoms with E-state index in [9.17, 15) is 4.79 Å². The van der Waals surface area contributed by atoms with Crippen molar-refractivity contribution in [3.8, 4) is 17.2 Å². The van der Waals surface area contributed by atoms with Crippen molar-refractivity contribution in [3.05, 3.63) is 48.0 Å². The van der Waals surface area contributed by atoms with E-state index in [1.807, 2.05) is 0 Å². The maximum atomic E-state index is 10.8. The molecule has 0 heterocycles. The number of benzene rings is 2. The first-order chi connectivity index (χ1) is 9.10. The van der Waals surface area contributed by atoms with Gasteiger partial charge in [0.25, 0.3) is 0 Å². The summed E-state index contributed by atoms with van der Waals surface area (Å²) in [5, 5.41) is 8.88. The minimum absolute atomic E-state index is 0.0537. The zero-order valence-corrected chi connectivity index (χ0v) is 10.3. The van der Waals surface area contributed by atoms with Crippen LogP contribution in [0.1, 0.15) is 10.4 Å². The highest BCUT2D eigenvalue weighted by atomic mass is 16.5. The molecule has 3 N–H and O–H groups in total. The number of nitrogen functional groups attached to an aromatic ring is 1. The molecule has 0 atom stereocenters.